The largest absolute Gasteiger partial charge is 0.487 e. The maximum Gasteiger partial charge on any atom is 0.277 e. The van der Waals surface area contributed by atoms with Crippen LogP contribution in [0.5, 0.6) is 5.75 Å². The van der Waals surface area contributed by atoms with Gasteiger partial charge < -0.3 is 10.1 Å². The van der Waals surface area contributed by atoms with E-state index in [1.807, 2.05) is 12.1 Å². The lowest BCUT2D eigenvalue weighted by Crippen LogP contribution is -2.12. The first-order valence-corrected chi connectivity index (χ1v) is 7.83. The summed E-state index contributed by atoms with van der Waals surface area (Å²) in [5.41, 5.74) is 1.77. The Morgan fingerprint density at radius 3 is 2.96 bits per heavy atom. The third-order valence-electron chi connectivity index (χ3n) is 2.90. The normalized spacial score (nSPS) is 10.3. The molecule has 2 heterocycles. The van der Waals surface area contributed by atoms with Crippen molar-refractivity contribution in [1.29, 1.82) is 0 Å². The monoisotopic (exact) mass is 346 g/mol. The maximum absolute atomic E-state index is 11.9. The van der Waals surface area contributed by atoms with Crippen LogP contribution in [0.3, 0.4) is 0 Å². The first-order chi connectivity index (χ1) is 11.2. The van der Waals surface area contributed by atoms with Crippen LogP contribution in [0.1, 0.15) is 16.1 Å². The minimum Gasteiger partial charge on any atom is -0.487 e. The molecule has 0 aliphatic carbocycles. The lowest BCUT2D eigenvalue weighted by Gasteiger charge is -2.10. The molecular weight excluding hydrogens is 336 g/mol. The number of nitrogens with zero attached hydrogens (tertiary/aromatic N) is 3. The number of hydrogen-bond acceptors (Lipinski definition) is 6. The second-order valence-electron chi connectivity index (χ2n) is 4.54. The average molecular weight is 347 g/mol. The van der Waals surface area contributed by atoms with Crippen LogP contribution in [-0.2, 0) is 6.61 Å². The molecule has 2 aromatic heterocycles. The van der Waals surface area contributed by atoms with Gasteiger partial charge in [-0.3, -0.25) is 9.78 Å². The highest BCUT2D eigenvalue weighted by Crippen LogP contribution is 2.28. The number of carbonyl (C=O) groups is 1. The van der Waals surface area contributed by atoms with E-state index < -0.39 is 0 Å². The molecule has 1 N–H and O–H groups in total. The third-order valence-corrected chi connectivity index (χ3v) is 3.70. The molecule has 1 amide bonds. The van der Waals surface area contributed by atoms with Gasteiger partial charge in [0.25, 0.3) is 5.91 Å². The van der Waals surface area contributed by atoms with Crippen LogP contribution in [0.15, 0.2) is 48.1 Å². The number of halogens is 1. The Labute approximate surface area is 141 Å². The summed E-state index contributed by atoms with van der Waals surface area (Å²) >= 11 is 7.30. The van der Waals surface area contributed by atoms with Gasteiger partial charge >= 0.3 is 0 Å². The molecule has 0 unspecified atom stereocenters. The molecule has 0 saturated carbocycles. The van der Waals surface area contributed by atoms with E-state index in [0.29, 0.717) is 23.1 Å². The van der Waals surface area contributed by atoms with Gasteiger partial charge in [-0.25, -0.2) is 0 Å². The minimum absolute atomic E-state index is 0.267. The predicted molar refractivity (Wildman–Crippen MR) is 87.9 cm³/mol. The molecule has 0 aliphatic heterocycles. The molecule has 0 fully saturated rings. The summed E-state index contributed by atoms with van der Waals surface area (Å²) in [4.78, 5) is 15.9. The van der Waals surface area contributed by atoms with Crippen molar-refractivity contribution in [2.75, 3.05) is 5.32 Å². The summed E-state index contributed by atoms with van der Waals surface area (Å²) in [5.74, 6) is 0.197. The summed E-state index contributed by atoms with van der Waals surface area (Å²) < 4.78 is 9.30. The highest BCUT2D eigenvalue weighted by molar-refractivity contribution is 7.03. The Morgan fingerprint density at radius 2 is 2.26 bits per heavy atom. The molecule has 3 aromatic rings. The molecule has 3 rings (SSSR count). The Morgan fingerprint density at radius 1 is 1.35 bits per heavy atom. The van der Waals surface area contributed by atoms with E-state index in [2.05, 4.69) is 19.9 Å². The van der Waals surface area contributed by atoms with Crippen LogP contribution in [0, 0.1) is 0 Å². The maximum atomic E-state index is 11.9. The number of hydrogen-bond donors (Lipinski definition) is 1. The van der Waals surface area contributed by atoms with Crippen molar-refractivity contribution in [3.8, 4) is 5.75 Å². The van der Waals surface area contributed by atoms with Crippen LogP contribution < -0.4 is 10.1 Å². The Bertz CT molecular complexity index is 797. The van der Waals surface area contributed by atoms with Crippen molar-refractivity contribution >= 4 is 34.7 Å². The van der Waals surface area contributed by atoms with Gasteiger partial charge in [-0.05, 0) is 35.8 Å². The van der Waals surface area contributed by atoms with Gasteiger partial charge in [0, 0.05) is 29.0 Å². The molecule has 0 bridgehead atoms. The fraction of sp³-hybridized carbons (Fsp3) is 0.0667. The average Bonchev–Trinajstić information content (AvgIpc) is 3.10. The fourth-order valence-corrected chi connectivity index (χ4v) is 2.47. The fourth-order valence-electron chi connectivity index (χ4n) is 1.80. The van der Waals surface area contributed by atoms with E-state index in [4.69, 9.17) is 16.3 Å². The number of carbonyl (C=O) groups excluding carboxylic acids is 1. The lowest BCUT2D eigenvalue weighted by atomic mass is 10.2. The molecule has 23 heavy (non-hydrogen) atoms. The summed E-state index contributed by atoms with van der Waals surface area (Å²) in [5, 5.41) is 8.39. The van der Waals surface area contributed by atoms with E-state index in [0.717, 1.165) is 17.1 Å². The summed E-state index contributed by atoms with van der Waals surface area (Å²) in [6.45, 7) is 0.365. The minimum atomic E-state index is -0.334. The van der Waals surface area contributed by atoms with Gasteiger partial charge in [0.2, 0.25) is 0 Å². The van der Waals surface area contributed by atoms with Crippen molar-refractivity contribution in [2.45, 2.75) is 6.61 Å². The van der Waals surface area contributed by atoms with E-state index in [1.54, 1.807) is 36.0 Å². The Kier molecular flexibility index (Phi) is 4.80. The zero-order valence-electron chi connectivity index (χ0n) is 11.8. The first kappa shape index (κ1) is 15.4. The van der Waals surface area contributed by atoms with Gasteiger partial charge in [-0.1, -0.05) is 22.2 Å². The van der Waals surface area contributed by atoms with Gasteiger partial charge in [0.05, 0.1) is 5.02 Å². The van der Waals surface area contributed by atoms with E-state index in [-0.39, 0.29) is 11.6 Å². The van der Waals surface area contributed by atoms with E-state index in [1.165, 1.54) is 0 Å². The summed E-state index contributed by atoms with van der Waals surface area (Å²) in [6, 6.07) is 8.79. The van der Waals surface area contributed by atoms with E-state index >= 15 is 0 Å². The SMILES string of the molecule is O=C(Nc1ccc(OCc2cccnc2)c(Cl)c1)c1csnn1. The van der Waals surface area contributed by atoms with Crippen molar-refractivity contribution in [3.63, 3.8) is 0 Å². The molecular formula is C15H11ClN4O2S. The highest BCUT2D eigenvalue weighted by atomic mass is 35.5. The second-order valence-corrected chi connectivity index (χ2v) is 5.56. The molecule has 116 valence electrons. The number of amides is 1. The molecule has 8 heteroatoms. The van der Waals surface area contributed by atoms with Crippen LogP contribution in [-0.4, -0.2) is 20.5 Å². The number of pyridine rings is 1. The Balaban J connectivity index is 1.65. The van der Waals surface area contributed by atoms with Crippen molar-refractivity contribution in [3.05, 3.63) is 64.4 Å². The lowest BCUT2D eigenvalue weighted by molar-refractivity contribution is 0.102. The summed E-state index contributed by atoms with van der Waals surface area (Å²) in [7, 11) is 0. The molecule has 0 atom stereocenters. The zero-order chi connectivity index (χ0) is 16.1. The van der Waals surface area contributed by atoms with Crippen LogP contribution in [0.25, 0.3) is 0 Å². The van der Waals surface area contributed by atoms with Crippen LogP contribution in [0.4, 0.5) is 5.69 Å². The van der Waals surface area contributed by atoms with E-state index in [9.17, 15) is 4.79 Å². The van der Waals surface area contributed by atoms with Gasteiger partial charge in [0.15, 0.2) is 5.69 Å². The number of ether oxygens (including phenoxy) is 1. The first-order valence-electron chi connectivity index (χ1n) is 6.62. The van der Waals surface area contributed by atoms with Gasteiger partial charge in [-0.15, -0.1) is 5.10 Å². The van der Waals surface area contributed by atoms with Crippen molar-refractivity contribution in [1.82, 2.24) is 14.6 Å². The van der Waals surface area contributed by atoms with Crippen molar-refractivity contribution in [2.24, 2.45) is 0 Å². The smallest absolute Gasteiger partial charge is 0.277 e. The molecule has 6 nitrogen and oxygen atoms in total. The molecule has 0 saturated heterocycles. The predicted octanol–water partition coefficient (Wildman–Crippen LogP) is 3.42. The number of rotatable bonds is 5. The van der Waals surface area contributed by atoms with Crippen molar-refractivity contribution < 1.29 is 9.53 Å². The topological polar surface area (TPSA) is 77.0 Å². The molecule has 0 aliphatic rings. The molecule has 0 radical (unpaired) electrons. The molecule has 1 aromatic carbocycles. The highest BCUT2D eigenvalue weighted by Gasteiger charge is 2.10. The summed E-state index contributed by atoms with van der Waals surface area (Å²) in [6.07, 6.45) is 3.43. The zero-order valence-corrected chi connectivity index (χ0v) is 13.3. The van der Waals surface area contributed by atoms with Crippen LogP contribution in [0.2, 0.25) is 5.02 Å². The number of benzene rings is 1. The standard InChI is InChI=1S/C15H11ClN4O2S/c16-12-6-11(18-15(21)13-9-23-20-19-13)3-4-14(12)22-8-10-2-1-5-17-7-10/h1-7,9H,8H2,(H,18,21). The number of nitrogens with one attached hydrogen (secondary N) is 1. The van der Waals surface area contributed by atoms with Gasteiger partial charge in [-0.2, -0.15) is 0 Å². The third kappa shape index (κ3) is 4.02. The van der Waals surface area contributed by atoms with Crippen LogP contribution >= 0.6 is 23.1 Å². The molecule has 0 spiro atoms. The number of anilines is 1. The van der Waals surface area contributed by atoms with Gasteiger partial charge in [0.1, 0.15) is 12.4 Å². The number of aromatic nitrogens is 3. The quantitative estimate of drug-likeness (QED) is 0.766. The Hall–Kier alpha value is -2.51. The second kappa shape index (κ2) is 7.17.